The van der Waals surface area contributed by atoms with Gasteiger partial charge in [-0.15, -0.1) is 0 Å². The van der Waals surface area contributed by atoms with Crippen molar-refractivity contribution in [1.29, 1.82) is 0 Å². The molecule has 0 bridgehead atoms. The Labute approximate surface area is 171 Å². The van der Waals surface area contributed by atoms with Crippen LogP contribution in [0.1, 0.15) is 24.8 Å². The maximum Gasteiger partial charge on any atom is 0.228 e. The average Bonchev–Trinajstić information content (AvgIpc) is 2.79. The van der Waals surface area contributed by atoms with Crippen LogP contribution in [0.3, 0.4) is 0 Å². The number of carbonyl (C=O) groups excluding carboxylic acids is 1. The van der Waals surface area contributed by atoms with Crippen molar-refractivity contribution in [1.82, 2.24) is 10.3 Å². The Morgan fingerprint density at radius 2 is 2.00 bits per heavy atom. The fraction of sp³-hybridized carbons (Fsp3) is 0.333. The summed E-state index contributed by atoms with van der Waals surface area (Å²) in [5.74, 6) is 1.73. The average molecular weight is 389 g/mol. The molecule has 1 aliphatic rings. The molecule has 5 nitrogen and oxygen atoms in total. The molecule has 1 aromatic heterocycles. The van der Waals surface area contributed by atoms with Gasteiger partial charge in [0.1, 0.15) is 11.6 Å². The topological polar surface area (TPSA) is 54.5 Å². The molecular weight excluding hydrogens is 362 g/mol. The van der Waals surface area contributed by atoms with Crippen LogP contribution in [-0.4, -0.2) is 37.1 Å². The molecule has 0 spiro atoms. The van der Waals surface area contributed by atoms with Crippen molar-refractivity contribution >= 4 is 22.5 Å². The summed E-state index contributed by atoms with van der Waals surface area (Å²) in [6.45, 7) is 1.81. The fourth-order valence-electron chi connectivity index (χ4n) is 4.01. The molecule has 150 valence electrons. The first-order chi connectivity index (χ1) is 14.3. The number of methoxy groups -OCH3 is 1. The van der Waals surface area contributed by atoms with E-state index >= 15 is 0 Å². The van der Waals surface area contributed by atoms with Crippen LogP contribution in [0.2, 0.25) is 0 Å². The molecule has 0 aliphatic carbocycles. The lowest BCUT2D eigenvalue weighted by Gasteiger charge is -2.34. The zero-order valence-electron chi connectivity index (χ0n) is 16.8. The third-order valence-corrected chi connectivity index (χ3v) is 5.57. The summed E-state index contributed by atoms with van der Waals surface area (Å²) in [6.07, 6.45) is 5.01. The Bertz CT molecular complexity index is 960. The van der Waals surface area contributed by atoms with Crippen LogP contribution in [0.4, 0.5) is 5.82 Å². The molecule has 1 N–H and O–H groups in total. The number of rotatable bonds is 6. The minimum absolute atomic E-state index is 0.123. The lowest BCUT2D eigenvalue weighted by Crippen LogP contribution is -2.49. The van der Waals surface area contributed by atoms with Crippen molar-refractivity contribution in [2.24, 2.45) is 0 Å². The second-order valence-corrected chi connectivity index (χ2v) is 7.47. The van der Waals surface area contributed by atoms with Gasteiger partial charge in [-0.25, -0.2) is 4.98 Å². The number of ether oxygens (including phenoxy) is 1. The molecule has 0 radical (unpaired) electrons. The molecule has 3 aromatic rings. The number of pyridine rings is 1. The third kappa shape index (κ3) is 4.40. The van der Waals surface area contributed by atoms with Crippen molar-refractivity contribution < 1.29 is 9.53 Å². The van der Waals surface area contributed by atoms with Crippen LogP contribution in [0.15, 0.2) is 60.8 Å². The lowest BCUT2D eigenvalue weighted by molar-refractivity contribution is -0.119. The summed E-state index contributed by atoms with van der Waals surface area (Å²) in [7, 11) is 1.66. The van der Waals surface area contributed by atoms with Crippen LogP contribution in [0.5, 0.6) is 5.75 Å². The standard InChI is InChI=1S/C24H27N3O2/c1-29-21-11-8-18(9-12-21)10-13-23(28)27(20-6-4-15-25-17-20)24-22-7-3-2-5-19(22)14-16-26-24/h2-3,5,7-9,11-12,14,16,20,25H,4,6,10,13,15,17H2,1H3/t20-/m1/s1. The highest BCUT2D eigenvalue weighted by atomic mass is 16.5. The number of nitrogens with zero attached hydrogens (tertiary/aromatic N) is 2. The van der Waals surface area contributed by atoms with E-state index in [0.717, 1.165) is 53.8 Å². The van der Waals surface area contributed by atoms with Crippen LogP contribution in [0, 0.1) is 0 Å². The maximum absolute atomic E-state index is 13.4. The minimum Gasteiger partial charge on any atom is -0.497 e. The highest BCUT2D eigenvalue weighted by Gasteiger charge is 2.28. The number of piperidine rings is 1. The first kappa shape index (κ1) is 19.4. The number of anilines is 1. The SMILES string of the molecule is COc1ccc(CCC(=O)N(c2nccc3ccccc23)[C@@H]2CCCNC2)cc1. The molecule has 1 aliphatic heterocycles. The second-order valence-electron chi connectivity index (χ2n) is 7.47. The van der Waals surface area contributed by atoms with Gasteiger partial charge in [0.2, 0.25) is 5.91 Å². The highest BCUT2D eigenvalue weighted by molar-refractivity contribution is 6.02. The van der Waals surface area contributed by atoms with Crippen molar-refractivity contribution in [3.05, 3.63) is 66.4 Å². The number of carbonyl (C=O) groups is 1. The summed E-state index contributed by atoms with van der Waals surface area (Å²) < 4.78 is 5.22. The molecular formula is C24H27N3O2. The smallest absolute Gasteiger partial charge is 0.228 e. The molecule has 1 saturated heterocycles. The van der Waals surface area contributed by atoms with Gasteiger partial charge in [0.05, 0.1) is 13.2 Å². The Morgan fingerprint density at radius 1 is 1.17 bits per heavy atom. The van der Waals surface area contributed by atoms with Gasteiger partial charge < -0.3 is 10.1 Å². The van der Waals surface area contributed by atoms with Crippen molar-refractivity contribution in [2.45, 2.75) is 31.7 Å². The molecule has 1 fully saturated rings. The number of fused-ring (bicyclic) bond motifs is 1. The summed E-state index contributed by atoms with van der Waals surface area (Å²) in [6, 6.07) is 18.2. The third-order valence-electron chi connectivity index (χ3n) is 5.57. The quantitative estimate of drug-likeness (QED) is 0.693. The highest BCUT2D eigenvalue weighted by Crippen LogP contribution is 2.28. The summed E-state index contributed by atoms with van der Waals surface area (Å²) >= 11 is 0. The number of hydrogen-bond acceptors (Lipinski definition) is 4. The van der Waals surface area contributed by atoms with Gasteiger partial charge in [0.25, 0.3) is 0 Å². The molecule has 2 aromatic carbocycles. The minimum atomic E-state index is 0.123. The summed E-state index contributed by atoms with van der Waals surface area (Å²) in [5.41, 5.74) is 1.13. The zero-order valence-corrected chi connectivity index (χ0v) is 16.8. The molecule has 2 heterocycles. The monoisotopic (exact) mass is 389 g/mol. The Hall–Kier alpha value is -2.92. The zero-order chi connectivity index (χ0) is 20.1. The summed E-state index contributed by atoms with van der Waals surface area (Å²) in [5, 5.41) is 5.57. The predicted octanol–water partition coefficient (Wildman–Crippen LogP) is 3.96. The van der Waals surface area contributed by atoms with E-state index in [1.54, 1.807) is 13.3 Å². The van der Waals surface area contributed by atoms with Gasteiger partial charge in [-0.05, 0) is 55.0 Å². The number of nitrogens with one attached hydrogen (secondary N) is 1. The number of amides is 1. The van der Waals surface area contributed by atoms with Gasteiger partial charge in [-0.1, -0.05) is 36.4 Å². The van der Waals surface area contributed by atoms with Gasteiger partial charge in [0, 0.05) is 24.5 Å². The number of hydrogen-bond donors (Lipinski definition) is 1. The predicted molar refractivity (Wildman–Crippen MR) is 116 cm³/mol. The maximum atomic E-state index is 13.4. The first-order valence-corrected chi connectivity index (χ1v) is 10.3. The normalized spacial score (nSPS) is 16.5. The first-order valence-electron chi connectivity index (χ1n) is 10.3. The van der Waals surface area contributed by atoms with Crippen LogP contribution in [-0.2, 0) is 11.2 Å². The molecule has 4 rings (SSSR count). The van der Waals surface area contributed by atoms with Crippen LogP contribution >= 0.6 is 0 Å². The van der Waals surface area contributed by atoms with E-state index in [9.17, 15) is 4.79 Å². The Balaban J connectivity index is 1.60. The number of aryl methyl sites for hydroxylation is 1. The van der Waals surface area contributed by atoms with E-state index in [1.165, 1.54) is 0 Å². The van der Waals surface area contributed by atoms with Gasteiger partial charge in [-0.2, -0.15) is 0 Å². The van der Waals surface area contributed by atoms with Crippen LogP contribution in [0.25, 0.3) is 10.8 Å². The van der Waals surface area contributed by atoms with Gasteiger partial charge in [-0.3, -0.25) is 9.69 Å². The molecule has 1 amide bonds. The van der Waals surface area contributed by atoms with E-state index in [0.29, 0.717) is 12.8 Å². The van der Waals surface area contributed by atoms with E-state index in [2.05, 4.69) is 22.4 Å². The second kappa shape index (κ2) is 9.05. The number of benzene rings is 2. The molecule has 1 atom stereocenters. The van der Waals surface area contributed by atoms with Crippen molar-refractivity contribution in [3.8, 4) is 5.75 Å². The number of aromatic nitrogens is 1. The Kier molecular flexibility index (Phi) is 6.06. The summed E-state index contributed by atoms with van der Waals surface area (Å²) in [4.78, 5) is 20.0. The Morgan fingerprint density at radius 3 is 2.76 bits per heavy atom. The van der Waals surface area contributed by atoms with Gasteiger partial charge >= 0.3 is 0 Å². The van der Waals surface area contributed by atoms with E-state index < -0.39 is 0 Å². The molecule has 29 heavy (non-hydrogen) atoms. The largest absolute Gasteiger partial charge is 0.497 e. The van der Waals surface area contributed by atoms with E-state index in [4.69, 9.17) is 4.74 Å². The van der Waals surface area contributed by atoms with Crippen molar-refractivity contribution in [3.63, 3.8) is 0 Å². The molecule has 0 unspecified atom stereocenters. The van der Waals surface area contributed by atoms with Crippen LogP contribution < -0.4 is 15.0 Å². The van der Waals surface area contributed by atoms with Gasteiger partial charge in [0.15, 0.2) is 0 Å². The lowest BCUT2D eigenvalue weighted by atomic mass is 10.0. The van der Waals surface area contributed by atoms with E-state index in [1.807, 2.05) is 47.4 Å². The molecule has 5 heteroatoms. The van der Waals surface area contributed by atoms with E-state index in [-0.39, 0.29) is 11.9 Å². The van der Waals surface area contributed by atoms with Crippen molar-refractivity contribution in [2.75, 3.05) is 25.1 Å². The molecule has 0 saturated carbocycles. The fourth-order valence-corrected chi connectivity index (χ4v) is 4.01.